The molecule has 6 nitrogen and oxygen atoms in total. The summed E-state index contributed by atoms with van der Waals surface area (Å²) in [5.41, 5.74) is 1.55. The molecule has 0 spiro atoms. The van der Waals surface area contributed by atoms with Gasteiger partial charge in [0.1, 0.15) is 6.61 Å². The predicted molar refractivity (Wildman–Crippen MR) is 94.9 cm³/mol. The Morgan fingerprint density at radius 1 is 1.28 bits per heavy atom. The van der Waals surface area contributed by atoms with Crippen LogP contribution in [0.25, 0.3) is 0 Å². The largest absolute Gasteiger partial charge is 0.490 e. The van der Waals surface area contributed by atoms with E-state index < -0.39 is 0 Å². The topological polar surface area (TPSA) is 72.5 Å². The van der Waals surface area contributed by atoms with Crippen molar-refractivity contribution in [2.24, 2.45) is 5.92 Å². The molecule has 1 aliphatic rings. The summed E-state index contributed by atoms with van der Waals surface area (Å²) in [6, 6.07) is 9.09. The Labute approximate surface area is 147 Å². The molecule has 0 atom stereocenters. The molecule has 0 unspecified atom stereocenters. The molecule has 1 amide bonds. The summed E-state index contributed by atoms with van der Waals surface area (Å²) in [5, 5.41) is 6.16. The zero-order chi connectivity index (χ0) is 17.5. The van der Waals surface area contributed by atoms with Crippen LogP contribution in [0.15, 0.2) is 42.7 Å². The van der Waals surface area contributed by atoms with E-state index in [2.05, 4.69) is 15.6 Å². The Bertz CT molecular complexity index is 702. The zero-order valence-corrected chi connectivity index (χ0v) is 14.3. The van der Waals surface area contributed by atoms with Gasteiger partial charge < -0.3 is 20.1 Å². The molecular weight excluding hydrogens is 318 g/mol. The molecule has 3 rings (SSSR count). The van der Waals surface area contributed by atoms with Crippen molar-refractivity contribution >= 4 is 5.91 Å². The number of hydrogen-bond donors (Lipinski definition) is 2. The molecule has 2 aromatic rings. The standard InChI is InChI=1S/C19H23N3O3/c1-2-24-18-8-16(19(23)22-12-15-10-21-11-15)5-6-17(18)25-13-14-4-3-7-20-9-14/h3-9,15,21H,2,10-13H2,1H3,(H,22,23). The van der Waals surface area contributed by atoms with Crippen LogP contribution in [-0.2, 0) is 6.61 Å². The van der Waals surface area contributed by atoms with Crippen molar-refractivity contribution in [2.45, 2.75) is 13.5 Å². The Morgan fingerprint density at radius 3 is 2.84 bits per heavy atom. The molecule has 25 heavy (non-hydrogen) atoms. The second-order valence-corrected chi connectivity index (χ2v) is 5.98. The van der Waals surface area contributed by atoms with Crippen molar-refractivity contribution in [3.63, 3.8) is 0 Å². The maximum absolute atomic E-state index is 12.3. The van der Waals surface area contributed by atoms with Crippen LogP contribution >= 0.6 is 0 Å². The molecule has 0 saturated carbocycles. The first-order chi connectivity index (χ1) is 12.3. The van der Waals surface area contributed by atoms with E-state index in [-0.39, 0.29) is 5.91 Å². The third kappa shape index (κ3) is 4.70. The number of ether oxygens (including phenoxy) is 2. The van der Waals surface area contributed by atoms with Crippen LogP contribution in [0.1, 0.15) is 22.8 Å². The zero-order valence-electron chi connectivity index (χ0n) is 14.3. The van der Waals surface area contributed by atoms with E-state index in [1.807, 2.05) is 19.1 Å². The van der Waals surface area contributed by atoms with Gasteiger partial charge in [-0.05, 0) is 31.2 Å². The second kappa shape index (κ2) is 8.48. The van der Waals surface area contributed by atoms with Gasteiger partial charge in [0, 0.05) is 49.1 Å². The van der Waals surface area contributed by atoms with Gasteiger partial charge in [0.2, 0.25) is 0 Å². The van der Waals surface area contributed by atoms with E-state index in [4.69, 9.17) is 9.47 Å². The minimum Gasteiger partial charge on any atom is -0.490 e. The lowest BCUT2D eigenvalue weighted by molar-refractivity contribution is 0.0941. The number of rotatable bonds is 8. The lowest BCUT2D eigenvalue weighted by Crippen LogP contribution is -2.48. The van der Waals surface area contributed by atoms with Gasteiger partial charge in [0.05, 0.1) is 6.61 Å². The lowest BCUT2D eigenvalue weighted by atomic mass is 10.0. The third-order valence-electron chi connectivity index (χ3n) is 4.04. The molecule has 2 N–H and O–H groups in total. The Morgan fingerprint density at radius 2 is 2.16 bits per heavy atom. The predicted octanol–water partition coefficient (Wildman–Crippen LogP) is 2.01. The van der Waals surface area contributed by atoms with Crippen LogP contribution in [0.2, 0.25) is 0 Å². The Hall–Kier alpha value is -2.60. The summed E-state index contributed by atoms with van der Waals surface area (Å²) in [6.07, 6.45) is 3.49. The Kier molecular flexibility index (Phi) is 5.85. The molecular formula is C19H23N3O3. The van der Waals surface area contributed by atoms with E-state index in [1.165, 1.54) is 0 Å². The monoisotopic (exact) mass is 341 g/mol. The van der Waals surface area contributed by atoms with Crippen molar-refractivity contribution in [1.29, 1.82) is 0 Å². The number of carbonyl (C=O) groups is 1. The number of nitrogens with one attached hydrogen (secondary N) is 2. The highest BCUT2D eigenvalue weighted by atomic mass is 16.5. The van der Waals surface area contributed by atoms with E-state index in [0.29, 0.717) is 42.7 Å². The van der Waals surface area contributed by atoms with Crippen LogP contribution in [0.3, 0.4) is 0 Å². The summed E-state index contributed by atoms with van der Waals surface area (Å²) < 4.78 is 11.5. The smallest absolute Gasteiger partial charge is 0.251 e. The molecule has 2 heterocycles. The molecule has 1 aromatic carbocycles. The highest BCUT2D eigenvalue weighted by molar-refractivity contribution is 5.94. The summed E-state index contributed by atoms with van der Waals surface area (Å²) >= 11 is 0. The fourth-order valence-electron chi connectivity index (χ4n) is 2.51. The third-order valence-corrected chi connectivity index (χ3v) is 4.04. The van der Waals surface area contributed by atoms with Gasteiger partial charge in [-0.2, -0.15) is 0 Å². The van der Waals surface area contributed by atoms with Crippen molar-refractivity contribution in [2.75, 3.05) is 26.2 Å². The van der Waals surface area contributed by atoms with Crippen molar-refractivity contribution in [3.8, 4) is 11.5 Å². The molecule has 1 saturated heterocycles. The molecule has 1 aromatic heterocycles. The molecule has 1 aliphatic heterocycles. The number of benzene rings is 1. The highest BCUT2D eigenvalue weighted by Crippen LogP contribution is 2.29. The molecule has 1 fully saturated rings. The minimum absolute atomic E-state index is 0.0911. The van der Waals surface area contributed by atoms with Gasteiger partial charge in [0.25, 0.3) is 5.91 Å². The van der Waals surface area contributed by atoms with Crippen molar-refractivity contribution < 1.29 is 14.3 Å². The lowest BCUT2D eigenvalue weighted by Gasteiger charge is -2.27. The minimum atomic E-state index is -0.0911. The SMILES string of the molecule is CCOc1cc(C(=O)NCC2CNC2)ccc1OCc1cccnc1. The number of aromatic nitrogens is 1. The summed E-state index contributed by atoms with van der Waals surface area (Å²) in [5.74, 6) is 1.62. The van der Waals surface area contributed by atoms with E-state index in [0.717, 1.165) is 18.7 Å². The fraction of sp³-hybridized carbons (Fsp3) is 0.368. The number of amides is 1. The van der Waals surface area contributed by atoms with Crippen molar-refractivity contribution in [1.82, 2.24) is 15.6 Å². The van der Waals surface area contributed by atoms with Gasteiger partial charge in [-0.15, -0.1) is 0 Å². The van der Waals surface area contributed by atoms with Crippen LogP contribution in [0, 0.1) is 5.92 Å². The molecule has 0 bridgehead atoms. The quantitative estimate of drug-likeness (QED) is 0.768. The van der Waals surface area contributed by atoms with E-state index in [1.54, 1.807) is 30.6 Å². The van der Waals surface area contributed by atoms with Gasteiger partial charge >= 0.3 is 0 Å². The maximum Gasteiger partial charge on any atom is 0.251 e. The van der Waals surface area contributed by atoms with Gasteiger partial charge in [-0.3, -0.25) is 9.78 Å². The van der Waals surface area contributed by atoms with Crippen LogP contribution in [0.4, 0.5) is 0 Å². The van der Waals surface area contributed by atoms with E-state index >= 15 is 0 Å². The average Bonchev–Trinajstić information content (AvgIpc) is 2.60. The van der Waals surface area contributed by atoms with Crippen LogP contribution in [-0.4, -0.2) is 37.1 Å². The van der Waals surface area contributed by atoms with E-state index in [9.17, 15) is 4.79 Å². The van der Waals surface area contributed by atoms with Crippen LogP contribution in [0.5, 0.6) is 11.5 Å². The molecule has 132 valence electrons. The first kappa shape index (κ1) is 17.2. The Balaban J connectivity index is 1.65. The second-order valence-electron chi connectivity index (χ2n) is 5.98. The van der Waals surface area contributed by atoms with Crippen molar-refractivity contribution in [3.05, 3.63) is 53.9 Å². The molecule has 6 heteroatoms. The first-order valence-electron chi connectivity index (χ1n) is 8.53. The van der Waals surface area contributed by atoms with Crippen LogP contribution < -0.4 is 20.1 Å². The normalized spacial score (nSPS) is 13.8. The first-order valence-corrected chi connectivity index (χ1v) is 8.53. The summed E-state index contributed by atoms with van der Waals surface area (Å²) in [6.45, 7) is 5.42. The van der Waals surface area contributed by atoms with Gasteiger partial charge in [-0.1, -0.05) is 6.07 Å². The number of pyridine rings is 1. The number of nitrogens with zero attached hydrogens (tertiary/aromatic N) is 1. The number of hydrogen-bond acceptors (Lipinski definition) is 5. The number of carbonyl (C=O) groups excluding carboxylic acids is 1. The molecule has 0 radical (unpaired) electrons. The molecule has 0 aliphatic carbocycles. The maximum atomic E-state index is 12.3. The highest BCUT2D eigenvalue weighted by Gasteiger charge is 2.18. The summed E-state index contributed by atoms with van der Waals surface area (Å²) in [7, 11) is 0. The summed E-state index contributed by atoms with van der Waals surface area (Å²) in [4.78, 5) is 16.4. The van der Waals surface area contributed by atoms with Gasteiger partial charge in [0.15, 0.2) is 11.5 Å². The van der Waals surface area contributed by atoms with Gasteiger partial charge in [-0.25, -0.2) is 0 Å². The average molecular weight is 341 g/mol. The fourth-order valence-corrected chi connectivity index (χ4v) is 2.51.